The quantitative estimate of drug-likeness (QED) is 0.792. The first-order valence-electron chi connectivity index (χ1n) is 5.40. The fourth-order valence-corrected chi connectivity index (χ4v) is 1.51. The molecule has 0 radical (unpaired) electrons. The summed E-state index contributed by atoms with van der Waals surface area (Å²) in [5, 5.41) is 7.54. The highest BCUT2D eigenvalue weighted by Crippen LogP contribution is 2.05. The molecule has 4 nitrogen and oxygen atoms in total. The van der Waals surface area contributed by atoms with Gasteiger partial charge in [-0.1, -0.05) is 30.3 Å². The number of nitrogens with zero attached hydrogens (tertiary/aromatic N) is 2. The van der Waals surface area contributed by atoms with Gasteiger partial charge >= 0.3 is 0 Å². The van der Waals surface area contributed by atoms with E-state index in [1.165, 1.54) is 5.56 Å². The van der Waals surface area contributed by atoms with Gasteiger partial charge < -0.3 is 11.1 Å². The van der Waals surface area contributed by atoms with Gasteiger partial charge in [-0.3, -0.25) is 4.68 Å². The number of benzene rings is 1. The molecule has 0 aliphatic carbocycles. The molecule has 0 bridgehead atoms. The van der Waals surface area contributed by atoms with Gasteiger partial charge in [0.2, 0.25) is 0 Å². The molecule has 4 heteroatoms. The van der Waals surface area contributed by atoms with Gasteiger partial charge in [0, 0.05) is 25.4 Å². The summed E-state index contributed by atoms with van der Waals surface area (Å²) in [5.41, 5.74) is 6.66. The Labute approximate surface area is 95.1 Å². The molecular weight excluding hydrogens is 200 g/mol. The zero-order chi connectivity index (χ0) is 11.2. The standard InChI is InChI=1S/C12H16N4/c13-7-8-14-12-6-9-16(15-12)10-11-4-2-1-3-5-11/h1-6,9H,7-8,10,13H2,(H,14,15). The van der Waals surface area contributed by atoms with Crippen LogP contribution in [0.1, 0.15) is 5.56 Å². The maximum atomic E-state index is 5.41. The summed E-state index contributed by atoms with van der Waals surface area (Å²) >= 11 is 0. The Hall–Kier alpha value is -1.81. The molecule has 1 heterocycles. The van der Waals surface area contributed by atoms with E-state index in [1.807, 2.05) is 35.1 Å². The SMILES string of the molecule is NCCNc1ccn(Cc2ccccc2)n1. The van der Waals surface area contributed by atoms with Gasteiger partial charge in [-0.2, -0.15) is 5.10 Å². The lowest BCUT2D eigenvalue weighted by atomic mass is 10.2. The van der Waals surface area contributed by atoms with E-state index in [-0.39, 0.29) is 0 Å². The Bertz CT molecular complexity index is 422. The fourth-order valence-electron chi connectivity index (χ4n) is 1.51. The smallest absolute Gasteiger partial charge is 0.148 e. The molecule has 84 valence electrons. The molecule has 2 rings (SSSR count). The van der Waals surface area contributed by atoms with Crippen molar-refractivity contribution < 1.29 is 0 Å². The van der Waals surface area contributed by atoms with Crippen LogP contribution in [0.2, 0.25) is 0 Å². The zero-order valence-corrected chi connectivity index (χ0v) is 9.13. The van der Waals surface area contributed by atoms with Crippen molar-refractivity contribution in [2.24, 2.45) is 5.73 Å². The van der Waals surface area contributed by atoms with Crippen molar-refractivity contribution in [3.8, 4) is 0 Å². The lowest BCUT2D eigenvalue weighted by Crippen LogP contribution is -2.13. The Balaban J connectivity index is 1.97. The third kappa shape index (κ3) is 2.84. The summed E-state index contributed by atoms with van der Waals surface area (Å²) in [7, 11) is 0. The van der Waals surface area contributed by atoms with E-state index >= 15 is 0 Å². The Morgan fingerprint density at radius 3 is 2.75 bits per heavy atom. The van der Waals surface area contributed by atoms with Crippen LogP contribution in [0.5, 0.6) is 0 Å². The molecule has 1 aromatic heterocycles. The van der Waals surface area contributed by atoms with Crippen LogP contribution in [0.3, 0.4) is 0 Å². The monoisotopic (exact) mass is 216 g/mol. The molecule has 2 aromatic rings. The normalized spacial score (nSPS) is 10.3. The van der Waals surface area contributed by atoms with Crippen LogP contribution in [0, 0.1) is 0 Å². The molecule has 0 fully saturated rings. The van der Waals surface area contributed by atoms with Crippen molar-refractivity contribution in [3.05, 3.63) is 48.2 Å². The summed E-state index contributed by atoms with van der Waals surface area (Å²) in [5.74, 6) is 0.876. The third-order valence-corrected chi connectivity index (χ3v) is 2.28. The van der Waals surface area contributed by atoms with Crippen LogP contribution in [-0.2, 0) is 6.54 Å². The summed E-state index contributed by atoms with van der Waals surface area (Å²) < 4.78 is 1.91. The second-order valence-electron chi connectivity index (χ2n) is 3.60. The summed E-state index contributed by atoms with van der Waals surface area (Å²) in [6.07, 6.45) is 1.96. The largest absolute Gasteiger partial charge is 0.367 e. The number of nitrogens with one attached hydrogen (secondary N) is 1. The van der Waals surface area contributed by atoms with E-state index in [4.69, 9.17) is 5.73 Å². The van der Waals surface area contributed by atoms with Gasteiger partial charge in [0.15, 0.2) is 0 Å². The molecule has 0 aliphatic rings. The Morgan fingerprint density at radius 1 is 1.19 bits per heavy atom. The predicted octanol–water partition coefficient (Wildman–Crippen LogP) is 1.30. The molecule has 0 saturated heterocycles. The van der Waals surface area contributed by atoms with Crippen LogP contribution in [0.4, 0.5) is 5.82 Å². The van der Waals surface area contributed by atoms with Crippen molar-refractivity contribution in [2.45, 2.75) is 6.54 Å². The van der Waals surface area contributed by atoms with E-state index < -0.39 is 0 Å². The van der Waals surface area contributed by atoms with Gasteiger partial charge in [0.25, 0.3) is 0 Å². The van der Waals surface area contributed by atoms with E-state index in [9.17, 15) is 0 Å². The van der Waals surface area contributed by atoms with Crippen LogP contribution < -0.4 is 11.1 Å². The fraction of sp³-hybridized carbons (Fsp3) is 0.250. The van der Waals surface area contributed by atoms with Crippen LogP contribution >= 0.6 is 0 Å². The molecule has 0 unspecified atom stereocenters. The summed E-state index contributed by atoms with van der Waals surface area (Å²) in [4.78, 5) is 0. The first-order valence-corrected chi connectivity index (χ1v) is 5.40. The number of hydrogen-bond acceptors (Lipinski definition) is 3. The van der Waals surface area contributed by atoms with Crippen molar-refractivity contribution in [3.63, 3.8) is 0 Å². The Kier molecular flexibility index (Phi) is 3.56. The zero-order valence-electron chi connectivity index (χ0n) is 9.13. The second-order valence-corrected chi connectivity index (χ2v) is 3.60. The molecule has 3 N–H and O–H groups in total. The minimum atomic E-state index is 0.617. The van der Waals surface area contributed by atoms with Gasteiger partial charge in [-0.15, -0.1) is 0 Å². The molecule has 0 atom stereocenters. The molecule has 1 aromatic carbocycles. The highest BCUT2D eigenvalue weighted by atomic mass is 15.3. The molecule has 0 aliphatic heterocycles. The number of anilines is 1. The van der Waals surface area contributed by atoms with E-state index in [2.05, 4.69) is 22.5 Å². The number of rotatable bonds is 5. The van der Waals surface area contributed by atoms with Crippen LogP contribution in [0.15, 0.2) is 42.6 Å². The Morgan fingerprint density at radius 2 is 2.00 bits per heavy atom. The van der Waals surface area contributed by atoms with Gasteiger partial charge in [-0.05, 0) is 5.56 Å². The third-order valence-electron chi connectivity index (χ3n) is 2.28. The number of hydrogen-bond donors (Lipinski definition) is 2. The van der Waals surface area contributed by atoms with Crippen molar-refractivity contribution in [1.29, 1.82) is 0 Å². The first-order chi connectivity index (χ1) is 7.88. The van der Waals surface area contributed by atoms with Crippen LogP contribution in [-0.4, -0.2) is 22.9 Å². The second kappa shape index (κ2) is 5.32. The minimum Gasteiger partial charge on any atom is -0.367 e. The highest BCUT2D eigenvalue weighted by molar-refractivity contribution is 5.32. The lowest BCUT2D eigenvalue weighted by Gasteiger charge is -2.02. The van der Waals surface area contributed by atoms with E-state index in [1.54, 1.807) is 0 Å². The molecule has 16 heavy (non-hydrogen) atoms. The maximum Gasteiger partial charge on any atom is 0.148 e. The first kappa shape index (κ1) is 10.7. The molecule has 0 spiro atoms. The average Bonchev–Trinajstić information content (AvgIpc) is 2.75. The van der Waals surface area contributed by atoms with E-state index in [0.717, 1.165) is 18.9 Å². The number of nitrogens with two attached hydrogens (primary N) is 1. The van der Waals surface area contributed by atoms with E-state index in [0.29, 0.717) is 6.54 Å². The molecule has 0 amide bonds. The van der Waals surface area contributed by atoms with Crippen molar-refractivity contribution in [2.75, 3.05) is 18.4 Å². The summed E-state index contributed by atoms with van der Waals surface area (Å²) in [6.45, 7) is 2.17. The molecular formula is C12H16N4. The highest BCUT2D eigenvalue weighted by Gasteiger charge is 1.98. The topological polar surface area (TPSA) is 55.9 Å². The van der Waals surface area contributed by atoms with Gasteiger partial charge in [-0.25, -0.2) is 0 Å². The van der Waals surface area contributed by atoms with Crippen molar-refractivity contribution >= 4 is 5.82 Å². The maximum absolute atomic E-state index is 5.41. The average molecular weight is 216 g/mol. The lowest BCUT2D eigenvalue weighted by molar-refractivity contribution is 0.688. The molecule has 0 saturated carbocycles. The van der Waals surface area contributed by atoms with Crippen LogP contribution in [0.25, 0.3) is 0 Å². The number of aromatic nitrogens is 2. The van der Waals surface area contributed by atoms with Gasteiger partial charge in [0.1, 0.15) is 5.82 Å². The van der Waals surface area contributed by atoms with Crippen molar-refractivity contribution in [1.82, 2.24) is 9.78 Å². The predicted molar refractivity (Wildman–Crippen MR) is 65.3 cm³/mol. The summed E-state index contributed by atoms with van der Waals surface area (Å²) in [6, 6.07) is 12.2. The minimum absolute atomic E-state index is 0.617. The van der Waals surface area contributed by atoms with Gasteiger partial charge in [0.05, 0.1) is 6.54 Å².